The minimum Gasteiger partial charge on any atom is -0.459 e. The molecule has 0 radical (unpaired) electrons. The van der Waals surface area contributed by atoms with Gasteiger partial charge < -0.3 is 14.5 Å². The van der Waals surface area contributed by atoms with Crippen LogP contribution in [-0.4, -0.2) is 23.4 Å². The van der Waals surface area contributed by atoms with Gasteiger partial charge in [0.15, 0.2) is 10.9 Å². The van der Waals surface area contributed by atoms with Crippen molar-refractivity contribution >= 4 is 34.0 Å². The van der Waals surface area contributed by atoms with Crippen LogP contribution < -0.4 is 15.4 Å². The van der Waals surface area contributed by atoms with E-state index in [0.29, 0.717) is 22.1 Å². The molecule has 0 atom stereocenters. The minimum atomic E-state index is -2.95. The summed E-state index contributed by atoms with van der Waals surface area (Å²) >= 11 is 1.17. The van der Waals surface area contributed by atoms with E-state index in [0.717, 1.165) is 0 Å². The topological polar surface area (TPSA) is 93.5 Å². The fraction of sp³-hybridized carbons (Fsp3) is 0.167. The largest absolute Gasteiger partial charge is 0.459 e. The van der Waals surface area contributed by atoms with Gasteiger partial charge in [-0.2, -0.15) is 8.78 Å². The average Bonchev–Trinajstić information content (AvgIpc) is 3.30. The Kier molecular flexibility index (Phi) is 5.99. The van der Waals surface area contributed by atoms with Crippen molar-refractivity contribution in [2.45, 2.75) is 20.0 Å². The zero-order valence-corrected chi connectivity index (χ0v) is 15.4. The SMILES string of the molecule is Cc1c(NC(=O)Cc2csc(NC(=O)c3ccco3)n2)cccc1OC(F)F. The maximum absolute atomic E-state index is 12.4. The molecule has 0 unspecified atom stereocenters. The van der Waals surface area contributed by atoms with Crippen LogP contribution in [0, 0.1) is 6.92 Å². The molecule has 146 valence electrons. The highest BCUT2D eigenvalue weighted by Crippen LogP contribution is 2.27. The Balaban J connectivity index is 1.60. The van der Waals surface area contributed by atoms with Gasteiger partial charge in [0.25, 0.3) is 5.91 Å². The first-order valence-corrected chi connectivity index (χ1v) is 8.94. The zero-order valence-electron chi connectivity index (χ0n) is 14.6. The third-order valence-corrected chi connectivity index (χ3v) is 4.44. The van der Waals surface area contributed by atoms with Gasteiger partial charge in [-0.1, -0.05) is 6.07 Å². The molecule has 7 nitrogen and oxygen atoms in total. The van der Waals surface area contributed by atoms with Gasteiger partial charge in [-0.3, -0.25) is 14.9 Å². The van der Waals surface area contributed by atoms with E-state index in [-0.39, 0.29) is 23.8 Å². The molecule has 0 fully saturated rings. The second-order valence-electron chi connectivity index (χ2n) is 5.61. The number of ether oxygens (including phenoxy) is 1. The summed E-state index contributed by atoms with van der Waals surface area (Å²) in [6.45, 7) is -1.38. The van der Waals surface area contributed by atoms with Gasteiger partial charge in [0.1, 0.15) is 5.75 Å². The molecular formula is C18H15F2N3O4S. The van der Waals surface area contributed by atoms with E-state index in [1.165, 1.54) is 35.8 Å². The molecule has 28 heavy (non-hydrogen) atoms. The molecule has 0 spiro atoms. The molecule has 3 rings (SSSR count). The van der Waals surface area contributed by atoms with E-state index in [4.69, 9.17) is 4.42 Å². The van der Waals surface area contributed by atoms with Crippen LogP contribution in [0.2, 0.25) is 0 Å². The lowest BCUT2D eigenvalue weighted by atomic mass is 10.1. The van der Waals surface area contributed by atoms with Crippen LogP contribution in [0.5, 0.6) is 5.75 Å². The first-order chi connectivity index (χ1) is 13.4. The van der Waals surface area contributed by atoms with E-state index >= 15 is 0 Å². The summed E-state index contributed by atoms with van der Waals surface area (Å²) in [5.74, 6) is -0.687. The molecule has 2 amide bonds. The standard InChI is InChI=1S/C18H15F2N3O4S/c1-10-12(4-2-5-13(10)27-17(19)20)22-15(24)8-11-9-28-18(21-11)23-16(25)14-6-3-7-26-14/h2-7,9,17H,8H2,1H3,(H,22,24)(H,21,23,25). The lowest BCUT2D eigenvalue weighted by Crippen LogP contribution is -2.16. The number of hydrogen-bond donors (Lipinski definition) is 2. The normalized spacial score (nSPS) is 10.7. The van der Waals surface area contributed by atoms with Gasteiger partial charge in [-0.15, -0.1) is 11.3 Å². The number of furan rings is 1. The quantitative estimate of drug-likeness (QED) is 0.616. The number of amides is 2. The molecule has 0 saturated carbocycles. The molecule has 0 aliphatic rings. The van der Waals surface area contributed by atoms with Crippen molar-refractivity contribution < 1.29 is 27.5 Å². The van der Waals surface area contributed by atoms with Crippen LogP contribution >= 0.6 is 11.3 Å². The van der Waals surface area contributed by atoms with Crippen molar-refractivity contribution in [2.75, 3.05) is 10.6 Å². The van der Waals surface area contributed by atoms with Crippen molar-refractivity contribution in [1.82, 2.24) is 4.98 Å². The van der Waals surface area contributed by atoms with Gasteiger partial charge in [-0.05, 0) is 31.2 Å². The Labute approximate surface area is 162 Å². The van der Waals surface area contributed by atoms with Crippen LogP contribution in [0.3, 0.4) is 0 Å². The summed E-state index contributed by atoms with van der Waals surface area (Å²) in [5, 5.41) is 7.19. The van der Waals surface area contributed by atoms with E-state index < -0.39 is 12.5 Å². The molecule has 2 heterocycles. The summed E-state index contributed by atoms with van der Waals surface area (Å²) in [5.41, 5.74) is 1.21. The van der Waals surface area contributed by atoms with Crippen LogP contribution in [0.1, 0.15) is 21.8 Å². The Morgan fingerprint density at radius 3 is 2.79 bits per heavy atom. The molecule has 2 aromatic heterocycles. The van der Waals surface area contributed by atoms with Crippen molar-refractivity contribution in [3.8, 4) is 5.75 Å². The van der Waals surface area contributed by atoms with E-state index in [1.54, 1.807) is 24.4 Å². The van der Waals surface area contributed by atoms with E-state index in [2.05, 4.69) is 20.4 Å². The Morgan fingerprint density at radius 2 is 2.07 bits per heavy atom. The summed E-state index contributed by atoms with van der Waals surface area (Å²) in [7, 11) is 0. The van der Waals surface area contributed by atoms with Crippen molar-refractivity contribution in [3.63, 3.8) is 0 Å². The maximum atomic E-state index is 12.4. The Hall–Kier alpha value is -3.27. The summed E-state index contributed by atoms with van der Waals surface area (Å²) in [4.78, 5) is 28.3. The monoisotopic (exact) mass is 407 g/mol. The zero-order chi connectivity index (χ0) is 20.1. The number of anilines is 2. The fourth-order valence-corrected chi connectivity index (χ4v) is 3.05. The number of rotatable bonds is 7. The van der Waals surface area contributed by atoms with Gasteiger partial charge in [0.05, 0.1) is 18.4 Å². The highest BCUT2D eigenvalue weighted by molar-refractivity contribution is 7.14. The maximum Gasteiger partial charge on any atom is 0.387 e. The van der Waals surface area contributed by atoms with Crippen LogP contribution in [0.15, 0.2) is 46.4 Å². The third kappa shape index (κ3) is 4.92. The van der Waals surface area contributed by atoms with Crippen molar-refractivity contribution in [3.05, 3.63) is 59.0 Å². The number of nitrogens with one attached hydrogen (secondary N) is 2. The highest BCUT2D eigenvalue weighted by atomic mass is 32.1. The molecule has 3 aromatic rings. The second-order valence-corrected chi connectivity index (χ2v) is 6.47. The fourth-order valence-electron chi connectivity index (χ4n) is 2.34. The number of carbonyl (C=O) groups is 2. The lowest BCUT2D eigenvalue weighted by Gasteiger charge is -2.12. The van der Waals surface area contributed by atoms with Crippen LogP contribution in [0.4, 0.5) is 19.6 Å². The molecule has 0 aliphatic heterocycles. The first-order valence-electron chi connectivity index (χ1n) is 8.06. The van der Waals surface area contributed by atoms with Gasteiger partial charge in [0.2, 0.25) is 5.91 Å². The number of alkyl halides is 2. The van der Waals surface area contributed by atoms with E-state index in [9.17, 15) is 18.4 Å². The van der Waals surface area contributed by atoms with Crippen LogP contribution in [-0.2, 0) is 11.2 Å². The molecule has 10 heteroatoms. The number of thiazole rings is 1. The van der Waals surface area contributed by atoms with Gasteiger partial charge in [0, 0.05) is 16.6 Å². The highest BCUT2D eigenvalue weighted by Gasteiger charge is 2.15. The molecule has 0 aliphatic carbocycles. The first kappa shape index (κ1) is 19.5. The summed E-state index contributed by atoms with van der Waals surface area (Å²) in [6, 6.07) is 7.60. The average molecular weight is 407 g/mol. The number of carbonyl (C=O) groups excluding carboxylic acids is 2. The number of benzene rings is 1. The van der Waals surface area contributed by atoms with Gasteiger partial charge in [-0.25, -0.2) is 4.98 Å². The molecule has 0 bridgehead atoms. The molecular weight excluding hydrogens is 392 g/mol. The molecule has 1 aromatic carbocycles. The van der Waals surface area contributed by atoms with Crippen molar-refractivity contribution in [2.24, 2.45) is 0 Å². The Morgan fingerprint density at radius 1 is 1.25 bits per heavy atom. The second kappa shape index (κ2) is 8.61. The Bertz CT molecular complexity index is 973. The lowest BCUT2D eigenvalue weighted by molar-refractivity contribution is -0.115. The van der Waals surface area contributed by atoms with Gasteiger partial charge >= 0.3 is 6.61 Å². The number of aromatic nitrogens is 1. The smallest absolute Gasteiger partial charge is 0.387 e. The predicted octanol–water partition coefficient (Wildman–Crippen LogP) is 4.08. The molecule has 0 saturated heterocycles. The van der Waals surface area contributed by atoms with E-state index in [1.807, 2.05) is 0 Å². The number of halogens is 2. The minimum absolute atomic E-state index is 0.00983. The summed E-state index contributed by atoms with van der Waals surface area (Å²) in [6.07, 6.45) is 1.34. The number of nitrogens with zero attached hydrogens (tertiary/aromatic N) is 1. The molecule has 2 N–H and O–H groups in total. The summed E-state index contributed by atoms with van der Waals surface area (Å²) < 4.78 is 34.2. The van der Waals surface area contributed by atoms with Crippen LogP contribution in [0.25, 0.3) is 0 Å². The van der Waals surface area contributed by atoms with Crippen molar-refractivity contribution in [1.29, 1.82) is 0 Å². The number of hydrogen-bond acceptors (Lipinski definition) is 6. The predicted molar refractivity (Wildman–Crippen MR) is 98.9 cm³/mol. The third-order valence-electron chi connectivity index (χ3n) is 3.63.